The van der Waals surface area contributed by atoms with Crippen LogP contribution in [0.3, 0.4) is 0 Å². The number of nitrogens with one attached hydrogen (secondary N) is 1. The second-order valence-electron chi connectivity index (χ2n) is 6.46. The molecule has 1 N–H and O–H groups in total. The Bertz CT molecular complexity index is 756. The molecule has 2 aromatic rings. The first-order chi connectivity index (χ1) is 12.3. The molecule has 1 aromatic heterocycles. The van der Waals surface area contributed by atoms with Gasteiger partial charge in [0.2, 0.25) is 0 Å². The van der Waals surface area contributed by atoms with E-state index in [9.17, 15) is 0 Å². The molecule has 8 heteroatoms. The molecule has 26 heavy (non-hydrogen) atoms. The van der Waals surface area contributed by atoms with E-state index in [4.69, 9.17) is 23.2 Å². The Labute approximate surface area is 165 Å². The molecule has 0 radical (unpaired) electrons. The average Bonchev–Trinajstić information content (AvgIpc) is 3.00. The van der Waals surface area contributed by atoms with Crippen molar-refractivity contribution in [3.05, 3.63) is 51.8 Å². The summed E-state index contributed by atoms with van der Waals surface area (Å²) in [6.07, 6.45) is 3.93. The largest absolute Gasteiger partial charge is 0.354 e. The van der Waals surface area contributed by atoms with Gasteiger partial charge in [-0.1, -0.05) is 29.3 Å². The van der Waals surface area contributed by atoms with Crippen molar-refractivity contribution in [2.24, 2.45) is 12.0 Å². The molecule has 0 fully saturated rings. The molecule has 1 aromatic carbocycles. The fraction of sp³-hybridized carbons (Fsp3) is 0.444. The van der Waals surface area contributed by atoms with Crippen molar-refractivity contribution >= 4 is 29.2 Å². The van der Waals surface area contributed by atoms with Crippen molar-refractivity contribution in [3.8, 4) is 0 Å². The highest BCUT2D eigenvalue weighted by molar-refractivity contribution is 6.42. The molecule has 0 aliphatic rings. The van der Waals surface area contributed by atoms with E-state index < -0.39 is 0 Å². The summed E-state index contributed by atoms with van der Waals surface area (Å²) in [5.74, 6) is 0.812. The average molecular weight is 397 g/mol. The van der Waals surface area contributed by atoms with Gasteiger partial charge in [-0.05, 0) is 31.8 Å². The highest BCUT2D eigenvalue weighted by atomic mass is 35.5. The number of aromatic nitrogens is 2. The molecule has 1 unspecified atom stereocenters. The number of likely N-dealkylation sites (N-methyl/N-ethyl adjacent to an activating group) is 1. The first-order valence-corrected chi connectivity index (χ1v) is 9.08. The molecule has 0 bridgehead atoms. The summed E-state index contributed by atoms with van der Waals surface area (Å²) in [6.45, 7) is 1.40. The van der Waals surface area contributed by atoms with Crippen molar-refractivity contribution in [1.82, 2.24) is 24.9 Å². The highest BCUT2D eigenvalue weighted by Crippen LogP contribution is 2.23. The SMILES string of the molecule is CN=C(NCC(c1cnn(C)c1)N(C)C)N(C)Cc1ccc(Cl)c(Cl)c1. The highest BCUT2D eigenvalue weighted by Gasteiger charge is 2.17. The van der Waals surface area contributed by atoms with E-state index in [0.29, 0.717) is 16.6 Å². The standard InChI is InChI=1S/C18H26Cl2N6/c1-21-18(25(4)11-13-6-7-15(19)16(20)8-13)22-10-17(24(2)3)14-9-23-26(5)12-14/h6-9,12,17H,10-11H2,1-5H3,(H,21,22). The Morgan fingerprint density at radius 3 is 2.54 bits per heavy atom. The van der Waals surface area contributed by atoms with Crippen molar-refractivity contribution in [1.29, 1.82) is 0 Å². The summed E-state index contributed by atoms with van der Waals surface area (Å²) in [5, 5.41) is 8.84. The van der Waals surface area contributed by atoms with E-state index in [1.54, 1.807) is 7.05 Å². The summed E-state index contributed by atoms with van der Waals surface area (Å²) in [6, 6.07) is 5.86. The van der Waals surface area contributed by atoms with Crippen LogP contribution in [-0.4, -0.2) is 60.3 Å². The number of hydrogen-bond acceptors (Lipinski definition) is 3. The minimum atomic E-state index is 0.193. The van der Waals surface area contributed by atoms with Gasteiger partial charge in [0.05, 0.1) is 22.3 Å². The van der Waals surface area contributed by atoms with Gasteiger partial charge in [0, 0.05) is 46.0 Å². The molecule has 0 saturated heterocycles. The van der Waals surface area contributed by atoms with E-state index in [0.717, 1.165) is 23.6 Å². The summed E-state index contributed by atoms with van der Waals surface area (Å²) < 4.78 is 1.82. The summed E-state index contributed by atoms with van der Waals surface area (Å²) in [7, 11) is 9.81. The van der Waals surface area contributed by atoms with Crippen LogP contribution in [0.1, 0.15) is 17.2 Å². The maximum Gasteiger partial charge on any atom is 0.193 e. The predicted octanol–water partition coefficient (Wildman–Crippen LogP) is 3.04. The molecule has 0 amide bonds. The third-order valence-corrected chi connectivity index (χ3v) is 4.90. The molecule has 0 saturated carbocycles. The van der Waals surface area contributed by atoms with Crippen LogP contribution in [0.15, 0.2) is 35.6 Å². The Morgan fingerprint density at radius 2 is 2.00 bits per heavy atom. The smallest absolute Gasteiger partial charge is 0.193 e. The molecular formula is C18H26Cl2N6. The van der Waals surface area contributed by atoms with Gasteiger partial charge in [-0.3, -0.25) is 9.67 Å². The zero-order chi connectivity index (χ0) is 19.3. The number of hydrogen-bond donors (Lipinski definition) is 1. The monoisotopic (exact) mass is 396 g/mol. The maximum absolute atomic E-state index is 6.11. The van der Waals surface area contributed by atoms with Crippen LogP contribution in [0.5, 0.6) is 0 Å². The molecule has 1 heterocycles. The number of nitrogens with zero attached hydrogens (tertiary/aromatic N) is 5. The Hall–Kier alpha value is -1.76. The van der Waals surface area contributed by atoms with Crippen LogP contribution in [0.25, 0.3) is 0 Å². The van der Waals surface area contributed by atoms with Crippen LogP contribution >= 0.6 is 23.2 Å². The van der Waals surface area contributed by atoms with E-state index in [-0.39, 0.29) is 6.04 Å². The Kier molecular flexibility index (Phi) is 7.32. The third kappa shape index (κ3) is 5.37. The van der Waals surface area contributed by atoms with Crippen molar-refractivity contribution in [2.45, 2.75) is 12.6 Å². The van der Waals surface area contributed by atoms with Crippen molar-refractivity contribution < 1.29 is 0 Å². The van der Waals surface area contributed by atoms with Crippen LogP contribution < -0.4 is 5.32 Å². The maximum atomic E-state index is 6.11. The fourth-order valence-corrected chi connectivity index (χ4v) is 3.09. The molecule has 6 nitrogen and oxygen atoms in total. The minimum absolute atomic E-state index is 0.193. The summed E-state index contributed by atoms with van der Waals surface area (Å²) in [4.78, 5) is 8.60. The van der Waals surface area contributed by atoms with Gasteiger partial charge < -0.3 is 15.1 Å². The van der Waals surface area contributed by atoms with Crippen LogP contribution in [0, 0.1) is 0 Å². The topological polar surface area (TPSA) is 48.7 Å². The van der Waals surface area contributed by atoms with Crippen LogP contribution in [0.4, 0.5) is 0 Å². The lowest BCUT2D eigenvalue weighted by atomic mass is 10.1. The van der Waals surface area contributed by atoms with Crippen molar-refractivity contribution in [3.63, 3.8) is 0 Å². The lowest BCUT2D eigenvalue weighted by molar-refractivity contribution is 0.295. The fourth-order valence-electron chi connectivity index (χ4n) is 2.77. The Balaban J connectivity index is 2.02. The number of aliphatic imine (C=N–C) groups is 1. The van der Waals surface area contributed by atoms with Gasteiger partial charge in [0.25, 0.3) is 0 Å². The predicted molar refractivity (Wildman–Crippen MR) is 109 cm³/mol. The second-order valence-corrected chi connectivity index (χ2v) is 7.27. The van der Waals surface area contributed by atoms with Gasteiger partial charge >= 0.3 is 0 Å². The molecule has 142 valence electrons. The number of halogens is 2. The zero-order valence-corrected chi connectivity index (χ0v) is 17.4. The van der Waals surface area contributed by atoms with Gasteiger partial charge in [-0.25, -0.2) is 0 Å². The lowest BCUT2D eigenvalue weighted by Crippen LogP contribution is -2.42. The number of benzene rings is 1. The summed E-state index contributed by atoms with van der Waals surface area (Å²) in [5.41, 5.74) is 2.23. The quantitative estimate of drug-likeness (QED) is 0.601. The van der Waals surface area contributed by atoms with Crippen LogP contribution in [-0.2, 0) is 13.6 Å². The normalized spacial score (nSPS) is 13.2. The van der Waals surface area contributed by atoms with Crippen molar-refractivity contribution in [2.75, 3.05) is 34.7 Å². The molecule has 2 rings (SSSR count). The third-order valence-electron chi connectivity index (χ3n) is 4.16. The van der Waals surface area contributed by atoms with Gasteiger partial charge in [-0.15, -0.1) is 0 Å². The van der Waals surface area contributed by atoms with E-state index in [2.05, 4.69) is 39.3 Å². The zero-order valence-electron chi connectivity index (χ0n) is 15.9. The first-order valence-electron chi connectivity index (χ1n) is 8.32. The molecule has 0 spiro atoms. The molecule has 0 aliphatic carbocycles. The van der Waals surface area contributed by atoms with Gasteiger partial charge in [0.15, 0.2) is 5.96 Å². The minimum Gasteiger partial charge on any atom is -0.354 e. The van der Waals surface area contributed by atoms with Gasteiger partial charge in [0.1, 0.15) is 0 Å². The summed E-state index contributed by atoms with van der Waals surface area (Å²) >= 11 is 12.1. The number of aryl methyl sites for hydroxylation is 1. The Morgan fingerprint density at radius 1 is 1.27 bits per heavy atom. The first kappa shape index (κ1) is 20.6. The van der Waals surface area contributed by atoms with E-state index >= 15 is 0 Å². The van der Waals surface area contributed by atoms with E-state index in [1.807, 2.05) is 49.4 Å². The number of rotatable bonds is 6. The number of guanidine groups is 1. The molecule has 1 atom stereocenters. The lowest BCUT2D eigenvalue weighted by Gasteiger charge is -2.27. The molecule has 0 aliphatic heterocycles. The second kappa shape index (κ2) is 9.26. The van der Waals surface area contributed by atoms with E-state index in [1.165, 1.54) is 0 Å². The van der Waals surface area contributed by atoms with Crippen LogP contribution in [0.2, 0.25) is 10.0 Å². The van der Waals surface area contributed by atoms with Gasteiger partial charge in [-0.2, -0.15) is 5.10 Å². The molecular weight excluding hydrogens is 371 g/mol.